The fourth-order valence-corrected chi connectivity index (χ4v) is 12.8. The van der Waals surface area contributed by atoms with E-state index in [9.17, 15) is 49.5 Å². The Labute approximate surface area is 563 Å². The number of nitrogens with zero attached hydrogens (tertiary/aromatic N) is 2. The van der Waals surface area contributed by atoms with Crippen molar-refractivity contribution in [2.45, 2.75) is 162 Å². The van der Waals surface area contributed by atoms with Crippen molar-refractivity contribution in [3.05, 3.63) is 215 Å². The fourth-order valence-electron chi connectivity index (χ4n) is 12.8. The summed E-state index contributed by atoms with van der Waals surface area (Å²) in [6.45, 7) is -2.14. The molecule has 98 heavy (non-hydrogen) atoms. The van der Waals surface area contributed by atoms with Crippen LogP contribution in [0.4, 0.5) is 24.0 Å². The average Bonchev–Trinajstić information content (AvgIpc) is 1.24. The highest BCUT2D eigenvalue weighted by atomic mass is 16.8. The molecule has 20 atom stereocenters. The van der Waals surface area contributed by atoms with Gasteiger partial charge in [0.05, 0.1) is 37.9 Å². The molecule has 520 valence electrons. The zero-order chi connectivity index (χ0) is 68.2. The van der Waals surface area contributed by atoms with Gasteiger partial charge in [-0.3, -0.25) is 9.80 Å². The van der Waals surface area contributed by atoms with Crippen LogP contribution in [-0.2, 0) is 83.3 Å². The van der Waals surface area contributed by atoms with Crippen LogP contribution in [0.15, 0.2) is 182 Å². The molecule has 0 spiro atoms. The third-order valence-electron chi connectivity index (χ3n) is 17.8. The Hall–Kier alpha value is -8.85. The molecule has 10 N–H and O–H groups in total. The van der Waals surface area contributed by atoms with E-state index in [2.05, 4.69) is 16.0 Å². The number of nitrogens with one attached hydrogen (secondary N) is 3. The fraction of sp³-hybridized carbons (Fsp3) is 0.414. The summed E-state index contributed by atoms with van der Waals surface area (Å²) in [5, 5.41) is 68.0. The molecule has 5 saturated heterocycles. The van der Waals surface area contributed by atoms with Crippen LogP contribution in [0.3, 0.4) is 0 Å². The first-order valence-corrected chi connectivity index (χ1v) is 32.3. The normalized spacial score (nSPS) is 30.6. The summed E-state index contributed by atoms with van der Waals surface area (Å²) in [5.74, 6) is 0. The van der Waals surface area contributed by atoms with Crippen molar-refractivity contribution in [3.63, 3.8) is 0 Å². The van der Waals surface area contributed by atoms with Crippen molar-refractivity contribution >= 4 is 30.5 Å². The highest BCUT2D eigenvalue weighted by molar-refractivity contribution is 5.71. The topological polar surface area (TPSA) is 366 Å². The summed E-state index contributed by atoms with van der Waals surface area (Å²) in [4.78, 5) is 71.4. The van der Waals surface area contributed by atoms with Crippen molar-refractivity contribution in [1.82, 2.24) is 25.8 Å². The molecule has 6 aromatic carbocycles. The third-order valence-corrected chi connectivity index (χ3v) is 17.8. The Bertz CT molecular complexity index is 3570. The van der Waals surface area contributed by atoms with Gasteiger partial charge in [-0.25, -0.2) is 24.0 Å². The molecule has 5 aliphatic heterocycles. The number of carbonyl (C=O) groups excluding carboxylic acids is 5. The molecule has 0 aromatic heterocycles. The van der Waals surface area contributed by atoms with E-state index in [4.69, 9.17) is 62.6 Å². The highest BCUT2D eigenvalue weighted by Gasteiger charge is 2.59. The third kappa shape index (κ3) is 16.6. The van der Waals surface area contributed by atoms with Crippen LogP contribution in [0, 0.1) is 0 Å². The first-order chi connectivity index (χ1) is 47.6. The first-order valence-electron chi connectivity index (χ1n) is 32.3. The van der Waals surface area contributed by atoms with Gasteiger partial charge in [0.15, 0.2) is 37.4 Å². The Morgan fingerprint density at radius 2 is 1.09 bits per heavy atom. The minimum absolute atomic E-state index is 0.00329. The minimum Gasteiger partial charge on any atom is -0.445 e. The SMILES string of the molecule is N[C@H]1C[C@H]2NC(=O)O[C@@H]2[C@@H](O[C@@H]2O[C@H](CO)[C@@H](O[C@H]3O[C@@H](CN(C(=O)OCc4ccccc4)C(O)c4ccccc4)C[C@H](O)[C@H]3NC(=O)OCc3ccccc3)[C@H]2O)[C@@H]1O[C@H]1O[C@@H]2CN(C(=O)OCc3ccccc3)C(c3ccccc3)O[C@H]2[C@H](O)[C@H]1NC(=O)OCc1ccccc1. The van der Waals surface area contributed by atoms with Gasteiger partial charge in [0.1, 0.15) is 87.3 Å². The molecule has 5 amide bonds. The molecule has 28 nitrogen and oxygen atoms in total. The predicted molar refractivity (Wildman–Crippen MR) is 339 cm³/mol. The second kappa shape index (κ2) is 32.2. The number of ether oxygens (including phenoxy) is 12. The van der Waals surface area contributed by atoms with Crippen molar-refractivity contribution in [3.8, 4) is 0 Å². The smallest absolute Gasteiger partial charge is 0.412 e. The van der Waals surface area contributed by atoms with Crippen LogP contribution in [-0.4, -0.2) is 196 Å². The maximum atomic E-state index is 14.2. The minimum atomic E-state index is -1.91. The molecule has 6 fully saturated rings. The summed E-state index contributed by atoms with van der Waals surface area (Å²) >= 11 is 0. The molecule has 2 unspecified atom stereocenters. The Morgan fingerprint density at radius 3 is 1.67 bits per heavy atom. The number of amides is 5. The second-order valence-electron chi connectivity index (χ2n) is 24.5. The molecule has 0 bridgehead atoms. The number of aliphatic hydroxyl groups excluding tert-OH is 5. The summed E-state index contributed by atoms with van der Waals surface area (Å²) in [6.07, 6.45) is -29.0. The van der Waals surface area contributed by atoms with Crippen LogP contribution in [0.2, 0.25) is 0 Å². The highest BCUT2D eigenvalue weighted by Crippen LogP contribution is 2.41. The van der Waals surface area contributed by atoms with Crippen LogP contribution in [0.1, 0.15) is 58.7 Å². The number of hydrogen-bond donors (Lipinski definition) is 9. The predicted octanol–water partition coefficient (Wildman–Crippen LogP) is 4.65. The largest absolute Gasteiger partial charge is 0.445 e. The molecule has 6 aromatic rings. The van der Waals surface area contributed by atoms with Crippen molar-refractivity contribution in [1.29, 1.82) is 0 Å². The number of benzene rings is 6. The summed E-state index contributed by atoms with van der Waals surface area (Å²) in [6, 6.07) is 47.6. The van der Waals surface area contributed by atoms with E-state index in [0.29, 0.717) is 33.4 Å². The molecule has 12 rings (SSSR count). The molecule has 5 heterocycles. The average molecular weight is 1360 g/mol. The molecule has 0 radical (unpaired) electrons. The first kappa shape index (κ1) is 69.1. The van der Waals surface area contributed by atoms with Crippen LogP contribution >= 0.6 is 0 Å². The lowest BCUT2D eigenvalue weighted by Crippen LogP contribution is -2.71. The lowest BCUT2D eigenvalue weighted by atomic mass is 9.84. The molecular formula is C70H78N6O22. The molecule has 1 aliphatic carbocycles. The summed E-state index contributed by atoms with van der Waals surface area (Å²) in [7, 11) is 0. The van der Waals surface area contributed by atoms with Crippen molar-refractivity contribution in [2.75, 3.05) is 19.7 Å². The van der Waals surface area contributed by atoms with Crippen molar-refractivity contribution < 1.29 is 106 Å². The van der Waals surface area contributed by atoms with Crippen LogP contribution < -0.4 is 21.7 Å². The zero-order valence-electron chi connectivity index (χ0n) is 52.9. The van der Waals surface area contributed by atoms with E-state index in [1.807, 2.05) is 6.07 Å². The number of alkyl carbamates (subject to hydrolysis) is 3. The molecule has 6 aliphatic rings. The number of hydrogen-bond acceptors (Lipinski definition) is 23. The van der Waals surface area contributed by atoms with Gasteiger partial charge in [0, 0.05) is 23.6 Å². The quantitative estimate of drug-likeness (QED) is 0.0330. The Balaban J connectivity index is 0.811. The Morgan fingerprint density at radius 1 is 0.582 bits per heavy atom. The standard InChI is InChI=1S/C70H78N6O22/c71-47-32-48-57(98-68(84)72-48)60(56(47)95-64-53(74-67(83)88-37-41-21-9-2-10-22-41)54(79)58-50(92-64)34-76(62(94-58)45-29-17-6-18-30-45)70(86)90-39-43-25-13-4-14-26-43)97-65-55(80)59(51(35-77)93-65)96-63-52(73-66(82)87-36-40-19-7-1-8-20-40)49(78)31-46(91-63)33-75(61(81)44-27-15-5-16-28-44)69(85)89-38-42-23-11-3-12-24-42/h1-30,46-65,77-81H,31-39,71H2,(H,72,84)(H,73,82)(H,74,83)/t46-,47+,48-,49+,50-,51-,52-,53-,54-,55-,56-,57+,58-,59-,60+,61?,62?,63-,64-,65+/m1/s1. The van der Waals surface area contributed by atoms with Gasteiger partial charge in [0.25, 0.3) is 0 Å². The number of aliphatic hydroxyl groups is 5. The van der Waals surface area contributed by atoms with Gasteiger partial charge >= 0.3 is 30.5 Å². The van der Waals surface area contributed by atoms with E-state index < -0.39 is 166 Å². The van der Waals surface area contributed by atoms with Gasteiger partial charge in [-0.1, -0.05) is 182 Å². The van der Waals surface area contributed by atoms with E-state index in [-0.39, 0.29) is 45.8 Å². The van der Waals surface area contributed by atoms with Gasteiger partial charge in [-0.15, -0.1) is 0 Å². The number of nitrogens with two attached hydrogens (primary N) is 1. The van der Waals surface area contributed by atoms with Crippen molar-refractivity contribution in [2.24, 2.45) is 5.73 Å². The molecule has 1 saturated carbocycles. The molecule has 28 heteroatoms. The summed E-state index contributed by atoms with van der Waals surface area (Å²) < 4.78 is 74.6. The van der Waals surface area contributed by atoms with Crippen LogP contribution in [0.25, 0.3) is 0 Å². The number of rotatable bonds is 22. The van der Waals surface area contributed by atoms with E-state index in [1.165, 1.54) is 4.90 Å². The maximum Gasteiger partial charge on any atom is 0.412 e. The Kier molecular flexibility index (Phi) is 22.7. The lowest BCUT2D eigenvalue weighted by molar-refractivity contribution is -0.333. The zero-order valence-corrected chi connectivity index (χ0v) is 52.9. The van der Waals surface area contributed by atoms with Crippen LogP contribution in [0.5, 0.6) is 0 Å². The maximum absolute atomic E-state index is 14.2. The number of fused-ring (bicyclic) bond motifs is 2. The van der Waals surface area contributed by atoms with Gasteiger partial charge in [0.2, 0.25) is 0 Å². The van der Waals surface area contributed by atoms with Gasteiger partial charge in [-0.05, 0) is 28.7 Å². The lowest BCUT2D eigenvalue weighted by Gasteiger charge is -2.52. The van der Waals surface area contributed by atoms with E-state index >= 15 is 0 Å². The van der Waals surface area contributed by atoms with Gasteiger partial charge < -0.3 is 104 Å². The monoisotopic (exact) mass is 1350 g/mol. The van der Waals surface area contributed by atoms with Gasteiger partial charge in [-0.2, -0.15) is 0 Å². The van der Waals surface area contributed by atoms with E-state index in [1.54, 1.807) is 176 Å². The second-order valence-corrected chi connectivity index (χ2v) is 24.5. The van der Waals surface area contributed by atoms with E-state index in [0.717, 1.165) is 4.90 Å². The molecular weight excluding hydrogens is 1280 g/mol. The summed E-state index contributed by atoms with van der Waals surface area (Å²) in [5.41, 5.74) is 10.5. The number of carbonyl (C=O) groups is 5.